The van der Waals surface area contributed by atoms with Crippen molar-refractivity contribution in [1.82, 2.24) is 0 Å². The van der Waals surface area contributed by atoms with Crippen LogP contribution in [0.25, 0.3) is 0 Å². The summed E-state index contributed by atoms with van der Waals surface area (Å²) >= 11 is 7.75. The van der Waals surface area contributed by atoms with E-state index in [0.29, 0.717) is 17.3 Å². The molecule has 0 saturated heterocycles. The number of thioether (sulfide) groups is 1. The maximum Gasteiger partial charge on any atom is 0.308 e. The summed E-state index contributed by atoms with van der Waals surface area (Å²) in [5, 5.41) is 4.02. The topological polar surface area (TPSA) is 38.3 Å². The summed E-state index contributed by atoms with van der Waals surface area (Å²) in [4.78, 5) is 12.2. The fourth-order valence-corrected chi connectivity index (χ4v) is 2.70. The third-order valence-electron chi connectivity index (χ3n) is 2.86. The van der Waals surface area contributed by atoms with E-state index in [1.807, 2.05) is 31.2 Å². The number of anilines is 1. The second-order valence-corrected chi connectivity index (χ2v) is 6.38. The van der Waals surface area contributed by atoms with Crippen LogP contribution < -0.4 is 10.1 Å². The van der Waals surface area contributed by atoms with Gasteiger partial charge in [-0.2, -0.15) is 0 Å². The number of allylic oxidation sites excluding steroid dienone is 3. The predicted octanol–water partition coefficient (Wildman–Crippen LogP) is 5.39. The molecule has 0 aliphatic carbocycles. The van der Waals surface area contributed by atoms with E-state index in [1.54, 1.807) is 23.9 Å². The zero-order valence-corrected chi connectivity index (χ0v) is 15.3. The van der Waals surface area contributed by atoms with Crippen molar-refractivity contribution < 1.29 is 9.53 Å². The van der Waals surface area contributed by atoms with Gasteiger partial charge in [-0.1, -0.05) is 37.3 Å². The molecule has 1 aromatic rings. The van der Waals surface area contributed by atoms with Crippen molar-refractivity contribution in [1.29, 1.82) is 0 Å². The van der Waals surface area contributed by atoms with Crippen LogP contribution in [0.4, 0.5) is 5.69 Å². The molecule has 0 spiro atoms. The number of hydrogen-bond donors (Lipinski definition) is 1. The lowest BCUT2D eigenvalue weighted by molar-refractivity contribution is -0.131. The number of benzene rings is 1. The number of rotatable bonds is 8. The van der Waals surface area contributed by atoms with Crippen LogP contribution in [0.15, 0.2) is 58.5 Å². The highest BCUT2D eigenvalue weighted by Crippen LogP contribution is 2.31. The Labute approximate surface area is 147 Å². The van der Waals surface area contributed by atoms with E-state index in [1.165, 1.54) is 6.92 Å². The van der Waals surface area contributed by atoms with E-state index in [-0.39, 0.29) is 5.97 Å². The minimum absolute atomic E-state index is 0.335. The molecule has 0 bridgehead atoms. The van der Waals surface area contributed by atoms with Crippen LogP contribution in [0, 0.1) is 0 Å². The molecule has 0 aliphatic heterocycles. The Balaban J connectivity index is 2.96. The van der Waals surface area contributed by atoms with E-state index in [9.17, 15) is 4.79 Å². The molecule has 3 nitrogen and oxygen atoms in total. The first-order valence-corrected chi connectivity index (χ1v) is 8.70. The lowest BCUT2D eigenvalue weighted by Gasteiger charge is -2.13. The van der Waals surface area contributed by atoms with Gasteiger partial charge in [-0.25, -0.2) is 0 Å². The highest BCUT2D eigenvalue weighted by molar-refractivity contribution is 7.99. The van der Waals surface area contributed by atoms with Crippen molar-refractivity contribution in [3.63, 3.8) is 0 Å². The number of carbonyl (C=O) groups is 1. The summed E-state index contributed by atoms with van der Waals surface area (Å²) in [6, 6.07) is 5.58. The number of halogens is 1. The Morgan fingerprint density at radius 2 is 2.22 bits per heavy atom. The molecule has 0 saturated carbocycles. The van der Waals surface area contributed by atoms with E-state index in [2.05, 4.69) is 18.8 Å². The molecule has 0 radical (unpaired) electrons. The number of nitrogens with one attached hydrogen (secondary N) is 1. The smallest absolute Gasteiger partial charge is 0.308 e. The van der Waals surface area contributed by atoms with Crippen molar-refractivity contribution in [2.24, 2.45) is 0 Å². The zero-order valence-electron chi connectivity index (χ0n) is 13.7. The first-order valence-electron chi connectivity index (χ1n) is 7.34. The molecular weight excluding hydrogens is 330 g/mol. The van der Waals surface area contributed by atoms with Gasteiger partial charge in [-0.15, -0.1) is 11.8 Å². The second kappa shape index (κ2) is 10.2. The Bertz CT molecular complexity index is 623. The van der Waals surface area contributed by atoms with Gasteiger partial charge in [0.05, 0.1) is 5.69 Å². The van der Waals surface area contributed by atoms with Crippen LogP contribution in [-0.2, 0) is 4.79 Å². The fourth-order valence-electron chi connectivity index (χ4n) is 1.80. The molecule has 0 fully saturated rings. The van der Waals surface area contributed by atoms with E-state index >= 15 is 0 Å². The van der Waals surface area contributed by atoms with Crippen molar-refractivity contribution >= 4 is 35.0 Å². The molecule has 1 rings (SSSR count). The molecule has 0 unspecified atom stereocenters. The lowest BCUT2D eigenvalue weighted by atomic mass is 10.2. The van der Waals surface area contributed by atoms with Gasteiger partial charge in [-0.05, 0) is 36.5 Å². The van der Waals surface area contributed by atoms with E-state index in [0.717, 1.165) is 21.9 Å². The summed E-state index contributed by atoms with van der Waals surface area (Å²) in [5.74, 6) is 1.14. The minimum atomic E-state index is -0.335. The van der Waals surface area contributed by atoms with Crippen LogP contribution in [0.3, 0.4) is 0 Å². The standard InChI is InChI=1S/C18H22ClNO2S/c1-5-14(10-15(19)6-2)12-20-17-11-16(22-13(4)21)8-9-18(17)23-7-3/h5-6,8-11,20H,1,7,12H2,2-4H3/b14-10+,15-6+. The summed E-state index contributed by atoms with van der Waals surface area (Å²) in [6.07, 6.45) is 5.45. The molecule has 1 aromatic carbocycles. The summed E-state index contributed by atoms with van der Waals surface area (Å²) < 4.78 is 5.15. The molecule has 1 N–H and O–H groups in total. The Morgan fingerprint density at radius 3 is 2.78 bits per heavy atom. The molecule has 0 amide bonds. The molecule has 0 aliphatic rings. The maximum absolute atomic E-state index is 11.1. The molecule has 5 heteroatoms. The fraction of sp³-hybridized carbons (Fsp3) is 0.278. The third kappa shape index (κ3) is 6.97. The summed E-state index contributed by atoms with van der Waals surface area (Å²) in [6.45, 7) is 9.75. The normalized spacial score (nSPS) is 12.0. The molecule has 0 aromatic heterocycles. The highest BCUT2D eigenvalue weighted by atomic mass is 35.5. The average Bonchev–Trinajstić information content (AvgIpc) is 2.52. The van der Waals surface area contributed by atoms with Gasteiger partial charge in [0.15, 0.2) is 0 Å². The SMILES string of the molecule is C=C/C(=C\C(Cl)=C/C)CNc1cc(OC(C)=O)ccc1SCC. The Hall–Kier alpha value is -1.65. The average molecular weight is 352 g/mol. The van der Waals surface area contributed by atoms with Gasteiger partial charge < -0.3 is 10.1 Å². The molecule has 23 heavy (non-hydrogen) atoms. The minimum Gasteiger partial charge on any atom is -0.427 e. The number of carbonyl (C=O) groups excluding carboxylic acids is 1. The van der Waals surface area contributed by atoms with Gasteiger partial charge in [0, 0.05) is 29.5 Å². The molecular formula is C18H22ClNO2S. The van der Waals surface area contributed by atoms with Gasteiger partial charge in [0.25, 0.3) is 0 Å². The summed E-state index contributed by atoms with van der Waals surface area (Å²) in [7, 11) is 0. The monoisotopic (exact) mass is 351 g/mol. The van der Waals surface area contributed by atoms with Crippen LogP contribution >= 0.6 is 23.4 Å². The van der Waals surface area contributed by atoms with Crippen LogP contribution in [0.1, 0.15) is 20.8 Å². The maximum atomic E-state index is 11.1. The van der Waals surface area contributed by atoms with Crippen LogP contribution in [0.5, 0.6) is 5.75 Å². The summed E-state index contributed by atoms with van der Waals surface area (Å²) in [5.41, 5.74) is 1.89. The molecule has 0 heterocycles. The Kier molecular flexibility index (Phi) is 8.59. The van der Waals surface area contributed by atoms with Gasteiger partial charge in [0.1, 0.15) is 5.75 Å². The van der Waals surface area contributed by atoms with E-state index in [4.69, 9.17) is 16.3 Å². The van der Waals surface area contributed by atoms with Gasteiger partial charge in [0.2, 0.25) is 0 Å². The van der Waals surface area contributed by atoms with E-state index < -0.39 is 0 Å². The van der Waals surface area contributed by atoms with Gasteiger partial charge >= 0.3 is 5.97 Å². The first-order chi connectivity index (χ1) is 11.0. The number of ether oxygens (including phenoxy) is 1. The first kappa shape index (κ1) is 19.4. The predicted molar refractivity (Wildman–Crippen MR) is 101 cm³/mol. The highest BCUT2D eigenvalue weighted by Gasteiger charge is 2.07. The van der Waals surface area contributed by atoms with Crippen molar-refractivity contribution in [2.75, 3.05) is 17.6 Å². The lowest BCUT2D eigenvalue weighted by Crippen LogP contribution is -2.06. The Morgan fingerprint density at radius 1 is 1.48 bits per heavy atom. The molecule has 124 valence electrons. The number of esters is 1. The van der Waals surface area contributed by atoms with Gasteiger partial charge in [-0.3, -0.25) is 4.79 Å². The van der Waals surface area contributed by atoms with Crippen LogP contribution in [0.2, 0.25) is 0 Å². The van der Waals surface area contributed by atoms with Crippen molar-refractivity contribution in [3.8, 4) is 5.75 Å². The van der Waals surface area contributed by atoms with Crippen molar-refractivity contribution in [2.45, 2.75) is 25.7 Å². The largest absolute Gasteiger partial charge is 0.427 e. The second-order valence-electron chi connectivity index (χ2n) is 4.64. The molecule has 0 atom stereocenters. The quantitative estimate of drug-likeness (QED) is 0.295. The number of hydrogen-bond acceptors (Lipinski definition) is 4. The third-order valence-corrected chi connectivity index (χ3v) is 4.14. The zero-order chi connectivity index (χ0) is 17.2. The van der Waals surface area contributed by atoms with Crippen molar-refractivity contribution in [3.05, 3.63) is 53.6 Å². The van der Waals surface area contributed by atoms with Crippen LogP contribution in [-0.4, -0.2) is 18.3 Å².